The zero-order valence-corrected chi connectivity index (χ0v) is 14.3. The molecule has 2 aromatic rings. The average Bonchev–Trinajstić information content (AvgIpc) is 3.32. The van der Waals surface area contributed by atoms with Crippen LogP contribution < -0.4 is 10.3 Å². The Morgan fingerprint density at radius 2 is 2.04 bits per heavy atom. The summed E-state index contributed by atoms with van der Waals surface area (Å²) in [4.78, 5) is 30.8. The molecule has 0 aromatic carbocycles. The first-order valence-corrected chi connectivity index (χ1v) is 8.46. The zero-order chi connectivity index (χ0) is 17.6. The third-order valence-electron chi connectivity index (χ3n) is 4.89. The molecule has 1 aliphatic heterocycles. The fourth-order valence-electron chi connectivity index (χ4n) is 3.41. The van der Waals surface area contributed by atoms with Gasteiger partial charge < -0.3 is 4.90 Å². The van der Waals surface area contributed by atoms with Crippen LogP contribution in [0.3, 0.4) is 0 Å². The summed E-state index contributed by atoms with van der Waals surface area (Å²) in [5, 5.41) is 5.55. The van der Waals surface area contributed by atoms with Gasteiger partial charge in [-0.1, -0.05) is 12.8 Å². The fourth-order valence-corrected chi connectivity index (χ4v) is 3.41. The normalized spacial score (nSPS) is 18.3. The van der Waals surface area contributed by atoms with Crippen LogP contribution in [0.15, 0.2) is 30.0 Å². The van der Waals surface area contributed by atoms with Crippen LogP contribution >= 0.6 is 0 Å². The highest BCUT2D eigenvalue weighted by molar-refractivity contribution is 6.16. The number of aromatic nitrogens is 3. The highest BCUT2D eigenvalue weighted by Crippen LogP contribution is 2.27. The Morgan fingerprint density at radius 3 is 2.72 bits per heavy atom. The molecule has 4 rings (SSSR count). The lowest BCUT2D eigenvalue weighted by Gasteiger charge is -2.25. The van der Waals surface area contributed by atoms with Crippen LogP contribution in [0, 0.1) is 0 Å². The number of hydrogen-bond donors (Lipinski definition) is 1. The monoisotopic (exact) mass is 340 g/mol. The first-order valence-electron chi connectivity index (χ1n) is 8.46. The number of amides is 2. The number of hydrogen-bond acceptors (Lipinski definition) is 6. The van der Waals surface area contributed by atoms with Crippen molar-refractivity contribution in [2.75, 3.05) is 17.4 Å². The Morgan fingerprint density at radius 1 is 1.28 bits per heavy atom. The predicted molar refractivity (Wildman–Crippen MR) is 92.9 cm³/mol. The van der Waals surface area contributed by atoms with Crippen LogP contribution in [-0.4, -0.2) is 44.5 Å². The molecule has 1 saturated carbocycles. The molecule has 0 unspecified atom stereocenters. The van der Waals surface area contributed by atoms with Gasteiger partial charge in [0.05, 0.1) is 0 Å². The van der Waals surface area contributed by atoms with Crippen molar-refractivity contribution in [1.82, 2.24) is 19.6 Å². The predicted octanol–water partition coefficient (Wildman–Crippen LogP) is 1.75. The molecular formula is C17H20N6O2. The minimum Gasteiger partial charge on any atom is -0.340 e. The van der Waals surface area contributed by atoms with E-state index in [0.29, 0.717) is 28.9 Å². The van der Waals surface area contributed by atoms with Crippen molar-refractivity contribution in [3.05, 3.63) is 30.0 Å². The number of imide groups is 1. The van der Waals surface area contributed by atoms with Crippen LogP contribution in [0.2, 0.25) is 0 Å². The molecule has 8 heteroatoms. The van der Waals surface area contributed by atoms with Crippen LogP contribution in [0.1, 0.15) is 32.6 Å². The molecule has 3 heterocycles. The van der Waals surface area contributed by atoms with Gasteiger partial charge in [0.1, 0.15) is 5.52 Å². The lowest BCUT2D eigenvalue weighted by atomic mass is 10.2. The molecule has 1 aliphatic carbocycles. The number of hydrazine groups is 1. The highest BCUT2D eigenvalue weighted by Gasteiger charge is 2.30. The highest BCUT2D eigenvalue weighted by atomic mass is 16.2. The van der Waals surface area contributed by atoms with Crippen LogP contribution in [0.4, 0.5) is 11.8 Å². The third kappa shape index (κ3) is 2.63. The van der Waals surface area contributed by atoms with Gasteiger partial charge in [-0.2, -0.15) is 9.99 Å². The summed E-state index contributed by atoms with van der Waals surface area (Å²) < 4.78 is 1.71. The van der Waals surface area contributed by atoms with Crippen molar-refractivity contribution in [1.29, 1.82) is 0 Å². The summed E-state index contributed by atoms with van der Waals surface area (Å²) in [5.74, 6) is 0.252. The number of anilines is 2. The van der Waals surface area contributed by atoms with E-state index in [1.165, 1.54) is 18.9 Å². The molecule has 130 valence electrons. The van der Waals surface area contributed by atoms with Gasteiger partial charge in [0, 0.05) is 30.9 Å². The van der Waals surface area contributed by atoms with Gasteiger partial charge in [0.25, 0.3) is 11.8 Å². The second kappa shape index (κ2) is 5.87. The number of nitrogens with zero attached hydrogens (tertiary/aromatic N) is 5. The van der Waals surface area contributed by atoms with E-state index in [0.717, 1.165) is 17.9 Å². The minimum atomic E-state index is -0.392. The van der Waals surface area contributed by atoms with Gasteiger partial charge in [0.15, 0.2) is 5.82 Å². The van der Waals surface area contributed by atoms with Gasteiger partial charge in [0.2, 0.25) is 5.95 Å². The van der Waals surface area contributed by atoms with Crippen molar-refractivity contribution in [2.24, 2.45) is 0 Å². The van der Waals surface area contributed by atoms with Crippen molar-refractivity contribution in [3.63, 3.8) is 0 Å². The Balaban J connectivity index is 1.69. The Labute approximate surface area is 145 Å². The van der Waals surface area contributed by atoms with Crippen molar-refractivity contribution in [3.8, 4) is 0 Å². The van der Waals surface area contributed by atoms with E-state index in [2.05, 4.69) is 20.4 Å². The standard InChI is InChI=1S/C17H20N6O2/c1-11-10-14(24)23(16(11)25)19-15-13-8-5-9-22(13)20-17(18-15)21(2)12-6-3-4-7-12/h5,8-10,12H,3-4,6-7H2,1-2H3,(H,18,19,20). The Kier molecular flexibility index (Phi) is 3.67. The topological polar surface area (TPSA) is 82.8 Å². The summed E-state index contributed by atoms with van der Waals surface area (Å²) in [5.41, 5.74) is 3.98. The van der Waals surface area contributed by atoms with Gasteiger partial charge in [-0.3, -0.25) is 15.0 Å². The van der Waals surface area contributed by atoms with E-state index < -0.39 is 5.91 Å². The summed E-state index contributed by atoms with van der Waals surface area (Å²) in [6.45, 7) is 1.62. The summed E-state index contributed by atoms with van der Waals surface area (Å²) in [6, 6.07) is 4.11. The summed E-state index contributed by atoms with van der Waals surface area (Å²) in [7, 11) is 1.99. The number of carbonyl (C=O) groups excluding carboxylic acids is 2. The second-order valence-electron chi connectivity index (χ2n) is 6.57. The van der Waals surface area contributed by atoms with Crippen LogP contribution in [0.25, 0.3) is 5.52 Å². The quantitative estimate of drug-likeness (QED) is 0.854. The smallest absolute Gasteiger partial charge is 0.275 e. The van der Waals surface area contributed by atoms with E-state index >= 15 is 0 Å². The van der Waals surface area contributed by atoms with Gasteiger partial charge in [-0.15, -0.1) is 5.10 Å². The van der Waals surface area contributed by atoms with E-state index in [9.17, 15) is 9.59 Å². The molecule has 0 saturated heterocycles. The van der Waals surface area contributed by atoms with Gasteiger partial charge >= 0.3 is 0 Å². The third-order valence-corrected chi connectivity index (χ3v) is 4.89. The number of fused-ring (bicyclic) bond motifs is 1. The van der Waals surface area contributed by atoms with Crippen LogP contribution in [-0.2, 0) is 9.59 Å². The molecule has 8 nitrogen and oxygen atoms in total. The maximum atomic E-state index is 12.1. The molecule has 25 heavy (non-hydrogen) atoms. The summed E-state index contributed by atoms with van der Waals surface area (Å²) >= 11 is 0. The minimum absolute atomic E-state index is 0.362. The number of carbonyl (C=O) groups is 2. The second-order valence-corrected chi connectivity index (χ2v) is 6.57. The Hall–Kier alpha value is -2.90. The molecule has 1 N–H and O–H groups in total. The molecule has 2 aromatic heterocycles. The first-order chi connectivity index (χ1) is 12.0. The lowest BCUT2D eigenvalue weighted by Crippen LogP contribution is -2.37. The maximum absolute atomic E-state index is 12.1. The fraction of sp³-hybridized carbons (Fsp3) is 0.412. The molecule has 0 spiro atoms. The molecule has 0 atom stereocenters. The maximum Gasteiger partial charge on any atom is 0.275 e. The zero-order valence-electron chi connectivity index (χ0n) is 14.3. The molecule has 1 fully saturated rings. The lowest BCUT2D eigenvalue weighted by molar-refractivity contribution is -0.135. The molecule has 2 aliphatic rings. The number of rotatable bonds is 4. The number of nitrogens with one attached hydrogen (secondary N) is 1. The SMILES string of the molecule is CC1=CC(=O)N(Nc2nc(N(C)C3CCCC3)nn3cccc23)C1=O. The molecule has 0 radical (unpaired) electrons. The van der Waals surface area contributed by atoms with Crippen molar-refractivity contribution < 1.29 is 9.59 Å². The van der Waals surface area contributed by atoms with E-state index in [4.69, 9.17) is 0 Å². The molecular weight excluding hydrogens is 320 g/mol. The summed E-state index contributed by atoms with van der Waals surface area (Å²) in [6.07, 6.45) is 7.82. The van der Waals surface area contributed by atoms with E-state index in [1.54, 1.807) is 11.4 Å². The average molecular weight is 340 g/mol. The largest absolute Gasteiger partial charge is 0.340 e. The van der Waals surface area contributed by atoms with Gasteiger partial charge in [-0.05, 0) is 31.9 Å². The van der Waals surface area contributed by atoms with E-state index in [1.807, 2.05) is 25.4 Å². The van der Waals surface area contributed by atoms with E-state index in [-0.39, 0.29) is 5.91 Å². The van der Waals surface area contributed by atoms with Crippen molar-refractivity contribution >= 4 is 29.1 Å². The molecule has 2 amide bonds. The molecule has 0 bridgehead atoms. The van der Waals surface area contributed by atoms with Crippen molar-refractivity contribution in [2.45, 2.75) is 38.6 Å². The van der Waals surface area contributed by atoms with Gasteiger partial charge in [-0.25, -0.2) is 4.52 Å². The Bertz CT molecular complexity index is 880. The van der Waals surface area contributed by atoms with Crippen LogP contribution in [0.5, 0.6) is 0 Å². The first kappa shape index (κ1) is 15.6.